The van der Waals surface area contributed by atoms with Crippen LogP contribution >= 0.6 is 0 Å². The fourth-order valence-electron chi connectivity index (χ4n) is 6.10. The predicted octanol–water partition coefficient (Wildman–Crippen LogP) is 1.96. The van der Waals surface area contributed by atoms with E-state index in [0.717, 1.165) is 63.6 Å². The highest BCUT2D eigenvalue weighted by Gasteiger charge is 2.55. The predicted molar refractivity (Wildman–Crippen MR) is 117 cm³/mol. The number of rotatable bonds is 6. The molecule has 2 aromatic rings. The zero-order valence-electron chi connectivity index (χ0n) is 18.2. The van der Waals surface area contributed by atoms with E-state index in [-0.39, 0.29) is 17.4 Å². The first-order chi connectivity index (χ1) is 14.5. The van der Waals surface area contributed by atoms with Gasteiger partial charge in [0.15, 0.2) is 0 Å². The highest BCUT2D eigenvalue weighted by Crippen LogP contribution is 2.43. The molecule has 6 rings (SSSR count). The van der Waals surface area contributed by atoms with Crippen LogP contribution in [0, 0.1) is 19.8 Å². The number of hydrogen-bond acceptors (Lipinski definition) is 4. The van der Waals surface area contributed by atoms with Crippen molar-refractivity contribution in [2.75, 3.05) is 39.3 Å². The molecule has 0 radical (unpaired) electrons. The van der Waals surface area contributed by atoms with Crippen LogP contribution in [-0.2, 0) is 16.8 Å². The molecule has 1 aromatic carbocycles. The number of aromatic nitrogens is 2. The van der Waals surface area contributed by atoms with Gasteiger partial charge in [-0.05, 0) is 31.9 Å². The number of piperidine rings is 2. The monoisotopic (exact) mass is 407 g/mol. The molecule has 2 unspecified atom stereocenters. The van der Waals surface area contributed by atoms with Gasteiger partial charge in [0.1, 0.15) is 0 Å². The number of nitrogens with zero attached hydrogens (tertiary/aromatic N) is 4. The van der Waals surface area contributed by atoms with Crippen LogP contribution in [-0.4, -0.2) is 70.8 Å². The van der Waals surface area contributed by atoms with Gasteiger partial charge in [-0.3, -0.25) is 9.48 Å². The van der Waals surface area contributed by atoms with E-state index in [2.05, 4.69) is 63.5 Å². The Kier molecular flexibility index (Phi) is 5.15. The molecule has 4 bridgehead atoms. The van der Waals surface area contributed by atoms with Gasteiger partial charge in [-0.2, -0.15) is 5.10 Å². The minimum Gasteiger partial charge on any atom is -0.352 e. The molecule has 160 valence electrons. The first-order valence-electron chi connectivity index (χ1n) is 11.3. The van der Waals surface area contributed by atoms with Crippen molar-refractivity contribution in [1.29, 1.82) is 0 Å². The fourth-order valence-corrected chi connectivity index (χ4v) is 6.10. The highest BCUT2D eigenvalue weighted by atomic mass is 16.1. The molecule has 4 saturated heterocycles. The number of hydrogen-bond donors (Lipinski definition) is 1. The highest BCUT2D eigenvalue weighted by molar-refractivity contribution is 5.76. The molecule has 0 saturated carbocycles. The summed E-state index contributed by atoms with van der Waals surface area (Å²) in [6.07, 6.45) is 1.38. The summed E-state index contributed by atoms with van der Waals surface area (Å²) in [7, 11) is 0. The van der Waals surface area contributed by atoms with Crippen LogP contribution in [0.3, 0.4) is 0 Å². The standard InChI is InChI=1S/C24H33N5O/c1-18-13-19(2)29(26-18)10-6-9-22(30)25-23-20-14-27-11-12-28(15-20)17-24(23,16-27)21-7-4-3-5-8-21/h3-5,7-8,13,20,23H,6,9-12,14-17H2,1-2H3,(H,25,30)/t20?,23-,24?/m1/s1. The Morgan fingerprint density at radius 2 is 1.83 bits per heavy atom. The average molecular weight is 408 g/mol. The van der Waals surface area contributed by atoms with Crippen LogP contribution in [0.4, 0.5) is 0 Å². The second-order valence-corrected chi connectivity index (χ2v) is 9.55. The summed E-state index contributed by atoms with van der Waals surface area (Å²) in [6, 6.07) is 13.2. The van der Waals surface area contributed by atoms with Gasteiger partial charge < -0.3 is 15.1 Å². The Hall–Kier alpha value is -2.18. The summed E-state index contributed by atoms with van der Waals surface area (Å²) in [5.74, 6) is 0.683. The van der Waals surface area contributed by atoms with Gasteiger partial charge >= 0.3 is 0 Å². The molecule has 4 fully saturated rings. The molecule has 1 aromatic heterocycles. The fraction of sp³-hybridized carbons (Fsp3) is 0.583. The van der Waals surface area contributed by atoms with E-state index in [1.165, 1.54) is 5.56 Å². The molecule has 0 spiro atoms. The Morgan fingerprint density at radius 3 is 2.47 bits per heavy atom. The lowest BCUT2D eigenvalue weighted by Gasteiger charge is -2.55. The van der Waals surface area contributed by atoms with E-state index in [9.17, 15) is 4.79 Å². The van der Waals surface area contributed by atoms with Crippen LogP contribution < -0.4 is 5.32 Å². The lowest BCUT2D eigenvalue weighted by Crippen LogP contribution is -2.70. The van der Waals surface area contributed by atoms with Crippen molar-refractivity contribution in [3.63, 3.8) is 0 Å². The van der Waals surface area contributed by atoms with E-state index >= 15 is 0 Å². The van der Waals surface area contributed by atoms with Crippen molar-refractivity contribution in [2.45, 2.75) is 44.7 Å². The lowest BCUT2D eigenvalue weighted by atomic mass is 9.64. The molecule has 1 amide bonds. The van der Waals surface area contributed by atoms with Gasteiger partial charge in [0.25, 0.3) is 0 Å². The molecule has 3 atom stereocenters. The minimum absolute atomic E-state index is 0.00965. The molecule has 6 heteroatoms. The van der Waals surface area contributed by atoms with Crippen molar-refractivity contribution >= 4 is 5.91 Å². The molecule has 6 nitrogen and oxygen atoms in total. The summed E-state index contributed by atoms with van der Waals surface area (Å²) in [4.78, 5) is 18.2. The summed E-state index contributed by atoms with van der Waals surface area (Å²) < 4.78 is 2.02. The molecule has 1 N–H and O–H groups in total. The van der Waals surface area contributed by atoms with Gasteiger partial charge in [0.2, 0.25) is 5.91 Å². The van der Waals surface area contributed by atoms with Crippen LogP contribution in [0.25, 0.3) is 0 Å². The minimum atomic E-state index is -0.00965. The molecule has 30 heavy (non-hydrogen) atoms. The summed E-state index contributed by atoms with van der Waals surface area (Å²) in [6.45, 7) is 11.5. The van der Waals surface area contributed by atoms with E-state index in [1.807, 2.05) is 11.6 Å². The van der Waals surface area contributed by atoms with Crippen LogP contribution in [0.1, 0.15) is 29.8 Å². The maximum absolute atomic E-state index is 13.0. The van der Waals surface area contributed by atoms with Crippen molar-refractivity contribution in [2.24, 2.45) is 5.92 Å². The summed E-state index contributed by atoms with van der Waals surface area (Å²) in [5.41, 5.74) is 3.57. The van der Waals surface area contributed by atoms with Gasteiger partial charge in [0.05, 0.1) is 5.69 Å². The third-order valence-corrected chi connectivity index (χ3v) is 7.34. The molecule has 5 heterocycles. The van der Waals surface area contributed by atoms with Gasteiger partial charge in [-0.15, -0.1) is 0 Å². The lowest BCUT2D eigenvalue weighted by molar-refractivity contribution is -0.124. The van der Waals surface area contributed by atoms with Crippen molar-refractivity contribution in [3.05, 3.63) is 53.3 Å². The number of carbonyl (C=O) groups excluding carboxylic acids is 1. The van der Waals surface area contributed by atoms with Gasteiger partial charge in [-0.1, -0.05) is 30.3 Å². The van der Waals surface area contributed by atoms with Gasteiger partial charge in [0, 0.05) is 75.3 Å². The average Bonchev–Trinajstić information content (AvgIpc) is 2.88. The summed E-state index contributed by atoms with van der Waals surface area (Å²) in [5, 5.41) is 8.03. The molecule has 0 aliphatic carbocycles. The maximum atomic E-state index is 13.0. The topological polar surface area (TPSA) is 53.4 Å². The first-order valence-corrected chi connectivity index (χ1v) is 11.3. The van der Waals surface area contributed by atoms with Crippen LogP contribution in [0.2, 0.25) is 0 Å². The molecular weight excluding hydrogens is 374 g/mol. The van der Waals surface area contributed by atoms with E-state index < -0.39 is 0 Å². The third-order valence-electron chi connectivity index (χ3n) is 7.34. The van der Waals surface area contributed by atoms with Crippen molar-refractivity contribution in [3.8, 4) is 0 Å². The quantitative estimate of drug-likeness (QED) is 0.796. The second kappa shape index (κ2) is 7.82. The van der Waals surface area contributed by atoms with E-state index in [4.69, 9.17) is 0 Å². The SMILES string of the molecule is Cc1cc(C)n(CCCC(=O)N[C@@H]2C3CN4CCN(C3)CC2(c2ccccc2)C4)n1. The number of aryl methyl sites for hydroxylation is 3. The number of nitrogens with one attached hydrogen (secondary N) is 1. The van der Waals surface area contributed by atoms with Crippen LogP contribution in [0.5, 0.6) is 0 Å². The zero-order chi connectivity index (χ0) is 20.7. The van der Waals surface area contributed by atoms with Gasteiger partial charge in [-0.25, -0.2) is 0 Å². The molecule has 4 aliphatic heterocycles. The number of amides is 1. The first kappa shape index (κ1) is 19.8. The maximum Gasteiger partial charge on any atom is 0.220 e. The Labute approximate surface area is 179 Å². The summed E-state index contributed by atoms with van der Waals surface area (Å²) >= 11 is 0. The van der Waals surface area contributed by atoms with Crippen molar-refractivity contribution < 1.29 is 4.79 Å². The normalized spacial score (nSPS) is 32.2. The Morgan fingerprint density at radius 1 is 1.13 bits per heavy atom. The smallest absolute Gasteiger partial charge is 0.220 e. The number of fused-ring (bicyclic) bond motifs is 1. The van der Waals surface area contributed by atoms with Crippen LogP contribution in [0.15, 0.2) is 36.4 Å². The van der Waals surface area contributed by atoms with E-state index in [1.54, 1.807) is 0 Å². The largest absolute Gasteiger partial charge is 0.352 e. The Bertz CT molecular complexity index is 892. The molecule has 4 aliphatic rings. The molecular formula is C24H33N5O. The number of benzene rings is 1. The second-order valence-electron chi connectivity index (χ2n) is 9.55. The Balaban J connectivity index is 1.31. The van der Waals surface area contributed by atoms with E-state index in [0.29, 0.717) is 12.3 Å². The third kappa shape index (κ3) is 3.56. The number of carbonyl (C=O) groups is 1. The van der Waals surface area contributed by atoms with Crippen molar-refractivity contribution in [1.82, 2.24) is 24.9 Å². The zero-order valence-corrected chi connectivity index (χ0v) is 18.2.